The molecule has 0 N–H and O–H groups in total. The van der Waals surface area contributed by atoms with Crippen LogP contribution in [0.2, 0.25) is 0 Å². The van der Waals surface area contributed by atoms with Crippen molar-refractivity contribution in [2.45, 2.75) is 31.1 Å². The minimum atomic E-state index is -0.328. The number of alkyl halides is 1. The Morgan fingerprint density at radius 1 is 1.80 bits per heavy atom. The lowest BCUT2D eigenvalue weighted by molar-refractivity contribution is 0.0520. The third kappa shape index (κ3) is 2.22. The van der Waals surface area contributed by atoms with E-state index in [4.69, 9.17) is 4.74 Å². The largest absolute Gasteiger partial charge is 0.461 e. The van der Waals surface area contributed by atoms with E-state index in [9.17, 15) is 4.79 Å². The van der Waals surface area contributed by atoms with Gasteiger partial charge in [-0.25, -0.2) is 9.78 Å². The van der Waals surface area contributed by atoms with E-state index in [0.717, 1.165) is 25.2 Å². The van der Waals surface area contributed by atoms with E-state index in [-0.39, 0.29) is 5.97 Å². The van der Waals surface area contributed by atoms with Crippen LogP contribution in [-0.2, 0) is 17.7 Å². The summed E-state index contributed by atoms with van der Waals surface area (Å²) in [4.78, 5) is 16.2. The molecule has 0 radical (unpaired) electrons. The Labute approximate surface area is 96.8 Å². The van der Waals surface area contributed by atoms with Gasteiger partial charge in [0.25, 0.3) is 0 Å². The molecule has 1 aromatic rings. The molecular weight excluding hydrogens is 260 g/mol. The quantitative estimate of drug-likeness (QED) is 0.609. The number of carbonyl (C=O) groups is 1. The van der Waals surface area contributed by atoms with Crippen LogP contribution in [0.5, 0.6) is 0 Å². The van der Waals surface area contributed by atoms with Crippen LogP contribution in [0.3, 0.4) is 0 Å². The van der Waals surface area contributed by atoms with Crippen LogP contribution < -0.4 is 0 Å². The van der Waals surface area contributed by atoms with Crippen LogP contribution in [-0.4, -0.2) is 27.0 Å². The van der Waals surface area contributed by atoms with E-state index in [1.165, 1.54) is 0 Å². The average molecular weight is 273 g/mol. The number of aromatic nitrogens is 2. The minimum Gasteiger partial charge on any atom is -0.461 e. The number of rotatable bonds is 2. The molecule has 4 nitrogen and oxygen atoms in total. The Hall–Kier alpha value is -0.840. The number of ether oxygens (including phenoxy) is 1. The fourth-order valence-corrected chi connectivity index (χ4v) is 2.25. The fraction of sp³-hybridized carbons (Fsp3) is 0.600. The lowest BCUT2D eigenvalue weighted by Crippen LogP contribution is -2.19. The number of imidazole rings is 1. The third-order valence-electron chi connectivity index (χ3n) is 2.42. The van der Waals surface area contributed by atoms with Gasteiger partial charge in [-0.05, 0) is 13.3 Å². The van der Waals surface area contributed by atoms with E-state index < -0.39 is 0 Å². The topological polar surface area (TPSA) is 44.1 Å². The molecule has 15 heavy (non-hydrogen) atoms. The maximum atomic E-state index is 11.4. The lowest BCUT2D eigenvalue weighted by Gasteiger charge is -2.17. The smallest absolute Gasteiger partial charge is 0.358 e. The molecule has 82 valence electrons. The van der Waals surface area contributed by atoms with Gasteiger partial charge in [0.1, 0.15) is 5.82 Å². The van der Waals surface area contributed by atoms with Gasteiger partial charge in [-0.3, -0.25) is 0 Å². The zero-order chi connectivity index (χ0) is 10.8. The van der Waals surface area contributed by atoms with Crippen molar-refractivity contribution in [3.05, 3.63) is 17.7 Å². The second-order valence-electron chi connectivity index (χ2n) is 3.55. The first kappa shape index (κ1) is 10.7. The zero-order valence-corrected chi connectivity index (χ0v) is 10.2. The van der Waals surface area contributed by atoms with Crippen molar-refractivity contribution in [3.8, 4) is 0 Å². The summed E-state index contributed by atoms with van der Waals surface area (Å²) >= 11 is 3.57. The Balaban J connectivity index is 2.19. The van der Waals surface area contributed by atoms with E-state index >= 15 is 0 Å². The van der Waals surface area contributed by atoms with Crippen LogP contribution in [0.4, 0.5) is 0 Å². The summed E-state index contributed by atoms with van der Waals surface area (Å²) in [5.74, 6) is 0.652. The lowest BCUT2D eigenvalue weighted by atomic mass is 10.2. The van der Waals surface area contributed by atoms with Crippen molar-refractivity contribution < 1.29 is 9.53 Å². The molecule has 1 aromatic heterocycles. The first-order valence-corrected chi connectivity index (χ1v) is 5.99. The molecule has 2 heterocycles. The Kier molecular flexibility index (Phi) is 3.09. The predicted molar refractivity (Wildman–Crippen MR) is 59.2 cm³/mol. The Morgan fingerprint density at radius 2 is 2.60 bits per heavy atom. The van der Waals surface area contributed by atoms with Crippen molar-refractivity contribution in [2.75, 3.05) is 6.61 Å². The second-order valence-corrected chi connectivity index (χ2v) is 4.85. The van der Waals surface area contributed by atoms with Gasteiger partial charge < -0.3 is 9.30 Å². The van der Waals surface area contributed by atoms with Crippen molar-refractivity contribution in [1.82, 2.24) is 9.55 Å². The predicted octanol–water partition coefficient (Wildman–Crippen LogP) is 1.77. The summed E-state index contributed by atoms with van der Waals surface area (Å²) in [6.07, 6.45) is 3.76. The van der Waals surface area contributed by atoms with Gasteiger partial charge in [-0.1, -0.05) is 15.9 Å². The highest BCUT2D eigenvalue weighted by molar-refractivity contribution is 9.09. The molecule has 1 aliphatic rings. The van der Waals surface area contributed by atoms with E-state index in [2.05, 4.69) is 20.9 Å². The number of hydrogen-bond acceptors (Lipinski definition) is 3. The van der Waals surface area contributed by atoms with Gasteiger partial charge in [-0.2, -0.15) is 0 Å². The molecule has 0 bridgehead atoms. The highest BCUT2D eigenvalue weighted by Crippen LogP contribution is 2.20. The van der Waals surface area contributed by atoms with Crippen molar-refractivity contribution in [3.63, 3.8) is 0 Å². The number of nitrogens with zero attached hydrogens (tertiary/aromatic N) is 2. The zero-order valence-electron chi connectivity index (χ0n) is 8.57. The highest BCUT2D eigenvalue weighted by atomic mass is 79.9. The van der Waals surface area contributed by atoms with Gasteiger partial charge in [0, 0.05) is 24.0 Å². The fourth-order valence-electron chi connectivity index (χ4n) is 1.71. The van der Waals surface area contributed by atoms with Gasteiger partial charge in [0.05, 0.1) is 6.61 Å². The summed E-state index contributed by atoms with van der Waals surface area (Å²) in [6.45, 7) is 3.06. The number of halogens is 1. The number of esters is 1. The maximum Gasteiger partial charge on any atom is 0.358 e. The highest BCUT2D eigenvalue weighted by Gasteiger charge is 2.20. The maximum absolute atomic E-state index is 11.4. The van der Waals surface area contributed by atoms with Gasteiger partial charge in [-0.15, -0.1) is 0 Å². The first-order chi connectivity index (χ1) is 7.20. The van der Waals surface area contributed by atoms with Gasteiger partial charge in [0.15, 0.2) is 5.69 Å². The van der Waals surface area contributed by atoms with Gasteiger partial charge in [0.2, 0.25) is 0 Å². The summed E-state index contributed by atoms with van der Waals surface area (Å²) in [5, 5.41) is 0. The summed E-state index contributed by atoms with van der Waals surface area (Å²) in [6, 6.07) is 0. The first-order valence-electron chi connectivity index (χ1n) is 5.08. The minimum absolute atomic E-state index is 0.328. The average Bonchev–Trinajstić information content (AvgIpc) is 2.60. The third-order valence-corrected chi connectivity index (χ3v) is 3.17. The van der Waals surface area contributed by atoms with E-state index in [0.29, 0.717) is 17.1 Å². The molecule has 0 fully saturated rings. The molecule has 5 heteroatoms. The molecule has 0 amide bonds. The Bertz CT molecular complexity index is 375. The molecule has 0 saturated carbocycles. The van der Waals surface area contributed by atoms with Crippen LogP contribution in [0.25, 0.3) is 0 Å². The Morgan fingerprint density at radius 3 is 3.33 bits per heavy atom. The monoisotopic (exact) mass is 272 g/mol. The van der Waals surface area contributed by atoms with Crippen LogP contribution in [0.1, 0.15) is 29.7 Å². The molecule has 0 aliphatic carbocycles. The SMILES string of the molecule is CCOC(=O)c1cn2c(n1)CC[C@@H](Br)C2. The molecular formula is C10H13BrN2O2. The van der Waals surface area contributed by atoms with Crippen LogP contribution in [0.15, 0.2) is 6.20 Å². The molecule has 1 aliphatic heterocycles. The number of hydrogen-bond donors (Lipinski definition) is 0. The summed E-state index contributed by atoms with van der Waals surface area (Å²) in [5.41, 5.74) is 0.424. The number of fused-ring (bicyclic) bond motifs is 1. The molecule has 0 saturated heterocycles. The van der Waals surface area contributed by atoms with E-state index in [1.807, 2.05) is 4.57 Å². The van der Waals surface area contributed by atoms with Gasteiger partial charge >= 0.3 is 5.97 Å². The van der Waals surface area contributed by atoms with E-state index in [1.54, 1.807) is 13.1 Å². The van der Waals surface area contributed by atoms with Crippen molar-refractivity contribution in [2.24, 2.45) is 0 Å². The molecule has 0 aromatic carbocycles. The number of aryl methyl sites for hydroxylation is 1. The summed E-state index contributed by atoms with van der Waals surface area (Å²) in [7, 11) is 0. The molecule has 0 spiro atoms. The standard InChI is InChI=1S/C10H13BrN2O2/c1-2-15-10(14)8-6-13-5-7(11)3-4-9(13)12-8/h6-7H,2-5H2,1H3/t7-/m1/s1. The molecule has 2 rings (SSSR count). The number of carbonyl (C=O) groups excluding carboxylic acids is 1. The second kappa shape index (κ2) is 4.35. The molecule has 1 atom stereocenters. The van der Waals surface area contributed by atoms with Crippen LogP contribution >= 0.6 is 15.9 Å². The van der Waals surface area contributed by atoms with Crippen LogP contribution in [0, 0.1) is 0 Å². The van der Waals surface area contributed by atoms with Crippen molar-refractivity contribution >= 4 is 21.9 Å². The van der Waals surface area contributed by atoms with Crippen molar-refractivity contribution in [1.29, 1.82) is 0 Å². The molecule has 0 unspecified atom stereocenters. The normalized spacial score (nSPS) is 19.7. The summed E-state index contributed by atoms with van der Waals surface area (Å²) < 4.78 is 6.93.